The zero-order chi connectivity index (χ0) is 20.5. The quantitative estimate of drug-likeness (QED) is 0.645. The second kappa shape index (κ2) is 8.08. The molecule has 2 aliphatic rings. The van der Waals surface area contributed by atoms with Gasteiger partial charge in [-0.15, -0.1) is 11.3 Å². The molecule has 5 rings (SSSR count). The molecule has 2 aliphatic heterocycles. The average Bonchev–Trinajstić information content (AvgIpc) is 3.28. The van der Waals surface area contributed by atoms with Crippen molar-refractivity contribution < 1.29 is 14.3 Å². The molecule has 7 heteroatoms. The van der Waals surface area contributed by atoms with Gasteiger partial charge < -0.3 is 18.9 Å². The van der Waals surface area contributed by atoms with E-state index in [0.717, 1.165) is 28.1 Å². The van der Waals surface area contributed by atoms with Gasteiger partial charge in [0.15, 0.2) is 0 Å². The first-order chi connectivity index (χ1) is 14.7. The average molecular weight is 423 g/mol. The van der Waals surface area contributed by atoms with Crippen LogP contribution < -0.4 is 5.56 Å². The number of hydrogen-bond donors (Lipinski definition) is 0. The minimum Gasteiger partial charge on any atom is -0.444 e. The lowest BCUT2D eigenvalue weighted by Gasteiger charge is -2.27. The third-order valence-corrected chi connectivity index (χ3v) is 6.60. The molecule has 1 fully saturated rings. The second-order valence-electron chi connectivity index (χ2n) is 7.43. The van der Waals surface area contributed by atoms with Crippen molar-refractivity contribution in [2.45, 2.75) is 19.6 Å². The third-order valence-electron chi connectivity index (χ3n) is 5.64. The number of rotatable bonds is 3. The van der Waals surface area contributed by atoms with Crippen LogP contribution in [-0.2, 0) is 29.0 Å². The molecule has 6 nitrogen and oxygen atoms in total. The Hall–Kier alpha value is -2.90. The number of aryl methyl sites for hydroxylation is 1. The number of hydrogen-bond acceptors (Lipinski definition) is 5. The summed E-state index contributed by atoms with van der Waals surface area (Å²) >= 11 is 1.63. The molecule has 1 amide bonds. The zero-order valence-corrected chi connectivity index (χ0v) is 17.3. The lowest BCUT2D eigenvalue weighted by molar-refractivity contribution is 0.0249. The van der Waals surface area contributed by atoms with Crippen molar-refractivity contribution in [2.75, 3.05) is 26.3 Å². The van der Waals surface area contributed by atoms with E-state index in [-0.39, 0.29) is 18.3 Å². The van der Waals surface area contributed by atoms with Crippen molar-refractivity contribution in [3.8, 4) is 21.7 Å². The fourth-order valence-electron chi connectivity index (χ4n) is 4.09. The summed E-state index contributed by atoms with van der Waals surface area (Å²) in [4.78, 5) is 28.6. The fraction of sp³-hybridized carbons (Fsp3) is 0.304. The summed E-state index contributed by atoms with van der Waals surface area (Å²) in [6.45, 7) is 2.89. The molecule has 2 aromatic heterocycles. The van der Waals surface area contributed by atoms with Crippen LogP contribution >= 0.6 is 11.3 Å². The summed E-state index contributed by atoms with van der Waals surface area (Å²) in [7, 11) is 0. The monoisotopic (exact) mass is 422 g/mol. The molecule has 3 aromatic rings. The minimum atomic E-state index is -0.341. The summed E-state index contributed by atoms with van der Waals surface area (Å²) in [5, 5.41) is 2.05. The van der Waals surface area contributed by atoms with Crippen LogP contribution in [0, 0.1) is 0 Å². The maximum atomic E-state index is 13.3. The molecule has 0 bridgehead atoms. The number of pyridine rings is 1. The molecule has 0 saturated carbocycles. The Morgan fingerprint density at radius 3 is 2.70 bits per heavy atom. The first kappa shape index (κ1) is 19.1. The van der Waals surface area contributed by atoms with Gasteiger partial charge in [-0.25, -0.2) is 4.79 Å². The summed E-state index contributed by atoms with van der Waals surface area (Å²) in [6, 6.07) is 13.7. The van der Waals surface area contributed by atoms with Crippen LogP contribution in [0.5, 0.6) is 0 Å². The summed E-state index contributed by atoms with van der Waals surface area (Å²) < 4.78 is 12.8. The fourth-order valence-corrected chi connectivity index (χ4v) is 5.13. The van der Waals surface area contributed by atoms with E-state index >= 15 is 0 Å². The van der Waals surface area contributed by atoms with Crippen LogP contribution in [0.15, 0.2) is 52.6 Å². The Morgan fingerprint density at radius 2 is 1.90 bits per heavy atom. The number of ether oxygens (including phenoxy) is 2. The van der Waals surface area contributed by atoms with Crippen molar-refractivity contribution >= 4 is 17.4 Å². The first-order valence-electron chi connectivity index (χ1n) is 10.1. The van der Waals surface area contributed by atoms with E-state index in [0.29, 0.717) is 38.4 Å². The van der Waals surface area contributed by atoms with Crippen LogP contribution in [0.25, 0.3) is 21.7 Å². The normalized spacial score (nSPS) is 15.4. The first-order valence-corrected chi connectivity index (χ1v) is 11.0. The number of aromatic nitrogens is 1. The molecule has 1 aromatic carbocycles. The lowest BCUT2D eigenvalue weighted by Crippen LogP contribution is -2.41. The largest absolute Gasteiger partial charge is 0.444 e. The smallest absolute Gasteiger partial charge is 0.410 e. The molecule has 30 heavy (non-hydrogen) atoms. The molecule has 0 radical (unpaired) electrons. The Balaban J connectivity index is 1.55. The number of morpholine rings is 1. The van der Waals surface area contributed by atoms with E-state index in [1.165, 1.54) is 5.56 Å². The predicted octanol–water partition coefficient (Wildman–Crippen LogP) is 3.77. The van der Waals surface area contributed by atoms with Gasteiger partial charge in [-0.3, -0.25) is 4.79 Å². The van der Waals surface area contributed by atoms with Crippen LogP contribution in [0.2, 0.25) is 0 Å². The third kappa shape index (κ3) is 3.44. The van der Waals surface area contributed by atoms with Gasteiger partial charge in [-0.2, -0.15) is 0 Å². The standard InChI is InChI=1S/C23H22N2O4S/c26-22-19(16-4-2-1-3-5-16)14-18(15-29-23(27)24-9-11-28-12-10-24)20-21-17(7-13-30-21)6-8-25(20)22/h1-5,7,13-14H,6,8-12,15H2. The topological polar surface area (TPSA) is 60.8 Å². The SMILES string of the molecule is O=C(OCc1cc(-c2ccccc2)c(=O)n2c1-c1sccc1CC2)N1CCOCC1. The Bertz CT molecular complexity index is 1130. The Morgan fingerprint density at radius 1 is 1.10 bits per heavy atom. The van der Waals surface area contributed by atoms with Gasteiger partial charge in [0.05, 0.1) is 23.8 Å². The Kier molecular flexibility index (Phi) is 5.14. The molecule has 1 saturated heterocycles. The van der Waals surface area contributed by atoms with Crippen LogP contribution in [0.1, 0.15) is 11.1 Å². The predicted molar refractivity (Wildman–Crippen MR) is 116 cm³/mol. The van der Waals surface area contributed by atoms with Gasteiger partial charge in [0, 0.05) is 30.8 Å². The minimum absolute atomic E-state index is 0.00138. The summed E-state index contributed by atoms with van der Waals surface area (Å²) in [5.41, 5.74) is 4.49. The zero-order valence-electron chi connectivity index (χ0n) is 16.5. The van der Waals surface area contributed by atoms with Gasteiger partial charge in [0.2, 0.25) is 0 Å². The van der Waals surface area contributed by atoms with Crippen LogP contribution in [0.4, 0.5) is 4.79 Å². The second-order valence-corrected chi connectivity index (χ2v) is 8.35. The highest BCUT2D eigenvalue weighted by Gasteiger charge is 2.25. The van der Waals surface area contributed by atoms with E-state index in [2.05, 4.69) is 11.4 Å². The molecular formula is C23H22N2O4S. The van der Waals surface area contributed by atoms with Gasteiger partial charge >= 0.3 is 6.09 Å². The highest BCUT2D eigenvalue weighted by Crippen LogP contribution is 2.37. The van der Waals surface area contributed by atoms with E-state index < -0.39 is 0 Å². The number of carbonyl (C=O) groups is 1. The number of carbonyl (C=O) groups excluding carboxylic acids is 1. The van der Waals surface area contributed by atoms with Crippen molar-refractivity contribution in [3.63, 3.8) is 0 Å². The van der Waals surface area contributed by atoms with Gasteiger partial charge in [0.25, 0.3) is 5.56 Å². The van der Waals surface area contributed by atoms with E-state index in [1.807, 2.05) is 41.0 Å². The number of nitrogens with zero attached hydrogens (tertiary/aromatic N) is 2. The van der Waals surface area contributed by atoms with Crippen molar-refractivity contribution in [3.05, 3.63) is 69.3 Å². The maximum Gasteiger partial charge on any atom is 0.410 e. The number of amides is 1. The van der Waals surface area contributed by atoms with Crippen molar-refractivity contribution in [1.29, 1.82) is 0 Å². The molecule has 0 atom stereocenters. The molecule has 0 N–H and O–H groups in total. The molecular weight excluding hydrogens is 400 g/mol. The lowest BCUT2D eigenvalue weighted by atomic mass is 9.98. The molecule has 0 aliphatic carbocycles. The van der Waals surface area contributed by atoms with Crippen molar-refractivity contribution in [1.82, 2.24) is 9.47 Å². The Labute approximate surface area is 178 Å². The number of benzene rings is 1. The maximum absolute atomic E-state index is 13.3. The summed E-state index contributed by atoms with van der Waals surface area (Å²) in [5.74, 6) is 0. The van der Waals surface area contributed by atoms with E-state index in [4.69, 9.17) is 9.47 Å². The van der Waals surface area contributed by atoms with E-state index in [1.54, 1.807) is 16.2 Å². The van der Waals surface area contributed by atoms with E-state index in [9.17, 15) is 9.59 Å². The van der Waals surface area contributed by atoms with Gasteiger partial charge in [-0.1, -0.05) is 30.3 Å². The van der Waals surface area contributed by atoms with Gasteiger partial charge in [0.1, 0.15) is 6.61 Å². The summed E-state index contributed by atoms with van der Waals surface area (Å²) in [6.07, 6.45) is 0.489. The molecule has 154 valence electrons. The van der Waals surface area contributed by atoms with Crippen LogP contribution in [0.3, 0.4) is 0 Å². The van der Waals surface area contributed by atoms with Crippen molar-refractivity contribution in [2.24, 2.45) is 0 Å². The molecule has 4 heterocycles. The number of thiophene rings is 1. The highest BCUT2D eigenvalue weighted by molar-refractivity contribution is 7.13. The molecule has 0 spiro atoms. The molecule has 0 unspecified atom stereocenters. The van der Waals surface area contributed by atoms with Crippen LogP contribution in [-0.4, -0.2) is 41.9 Å². The van der Waals surface area contributed by atoms with Gasteiger partial charge in [-0.05, 0) is 35.1 Å². The highest BCUT2D eigenvalue weighted by atomic mass is 32.1. The number of fused-ring (bicyclic) bond motifs is 3.